The predicted molar refractivity (Wildman–Crippen MR) is 65.3 cm³/mol. The van der Waals surface area contributed by atoms with Gasteiger partial charge in [0.2, 0.25) is 0 Å². The molecule has 0 heterocycles. The minimum atomic E-state index is -0.178. The number of esters is 1. The van der Waals surface area contributed by atoms with Crippen LogP contribution in [0, 0.1) is 6.92 Å². The summed E-state index contributed by atoms with van der Waals surface area (Å²) in [5, 5.41) is 3.17. The Hall–Kier alpha value is -1.71. The maximum Gasteiger partial charge on any atom is 0.307 e. The monoisotopic (exact) mass is 222 g/mol. The van der Waals surface area contributed by atoms with Crippen LogP contribution < -0.4 is 11.1 Å². The number of nitrogens with two attached hydrogens (primary N) is 1. The van der Waals surface area contributed by atoms with Crippen LogP contribution in [0.2, 0.25) is 0 Å². The third-order valence-electron chi connectivity index (χ3n) is 2.20. The van der Waals surface area contributed by atoms with Crippen molar-refractivity contribution in [3.8, 4) is 0 Å². The Bertz CT molecular complexity index is 364. The van der Waals surface area contributed by atoms with Crippen LogP contribution in [0.3, 0.4) is 0 Å². The summed E-state index contributed by atoms with van der Waals surface area (Å²) in [7, 11) is 0. The van der Waals surface area contributed by atoms with E-state index in [0.717, 1.165) is 16.9 Å². The second-order valence-corrected chi connectivity index (χ2v) is 3.56. The van der Waals surface area contributed by atoms with Gasteiger partial charge in [0.1, 0.15) is 0 Å². The Kier molecular flexibility index (Phi) is 4.64. The van der Waals surface area contributed by atoms with Crippen molar-refractivity contribution >= 4 is 17.3 Å². The van der Waals surface area contributed by atoms with Gasteiger partial charge >= 0.3 is 5.97 Å². The van der Waals surface area contributed by atoms with Gasteiger partial charge in [-0.1, -0.05) is 0 Å². The Morgan fingerprint density at radius 3 is 2.88 bits per heavy atom. The summed E-state index contributed by atoms with van der Waals surface area (Å²) in [6.07, 6.45) is 0.373. The van der Waals surface area contributed by atoms with Gasteiger partial charge in [-0.05, 0) is 37.6 Å². The Morgan fingerprint density at radius 2 is 2.25 bits per heavy atom. The number of nitrogens with one attached hydrogen (secondary N) is 1. The van der Waals surface area contributed by atoms with Gasteiger partial charge in [-0.15, -0.1) is 0 Å². The number of nitrogen functional groups attached to an aromatic ring is 1. The van der Waals surface area contributed by atoms with Crippen molar-refractivity contribution in [3.63, 3.8) is 0 Å². The molecular weight excluding hydrogens is 204 g/mol. The number of rotatable bonds is 5. The number of hydrogen-bond donors (Lipinski definition) is 2. The first kappa shape index (κ1) is 12.4. The molecule has 1 aromatic rings. The summed E-state index contributed by atoms with van der Waals surface area (Å²) < 4.78 is 4.83. The zero-order valence-electron chi connectivity index (χ0n) is 9.75. The molecule has 0 aliphatic rings. The maximum atomic E-state index is 11.1. The van der Waals surface area contributed by atoms with Crippen LogP contribution in [0.15, 0.2) is 18.2 Å². The summed E-state index contributed by atoms with van der Waals surface area (Å²) in [6, 6.07) is 5.64. The molecule has 0 radical (unpaired) electrons. The topological polar surface area (TPSA) is 64.3 Å². The fourth-order valence-corrected chi connectivity index (χ4v) is 1.42. The molecule has 0 bridgehead atoms. The van der Waals surface area contributed by atoms with Crippen molar-refractivity contribution in [3.05, 3.63) is 23.8 Å². The molecule has 0 saturated heterocycles. The molecular formula is C12H18N2O2. The quantitative estimate of drug-likeness (QED) is 0.590. The molecule has 0 aliphatic heterocycles. The summed E-state index contributed by atoms with van der Waals surface area (Å²) in [4.78, 5) is 11.1. The number of carbonyl (C=O) groups excluding carboxylic acids is 1. The Morgan fingerprint density at radius 1 is 1.50 bits per heavy atom. The second-order valence-electron chi connectivity index (χ2n) is 3.56. The molecule has 0 unspecified atom stereocenters. The van der Waals surface area contributed by atoms with Crippen molar-refractivity contribution in [1.82, 2.24) is 0 Å². The van der Waals surface area contributed by atoms with Crippen LogP contribution >= 0.6 is 0 Å². The van der Waals surface area contributed by atoms with Gasteiger partial charge in [-0.3, -0.25) is 4.79 Å². The average molecular weight is 222 g/mol. The highest BCUT2D eigenvalue weighted by atomic mass is 16.5. The first-order valence-electron chi connectivity index (χ1n) is 5.39. The lowest BCUT2D eigenvalue weighted by Crippen LogP contribution is -2.11. The highest BCUT2D eigenvalue weighted by molar-refractivity contribution is 5.70. The first-order chi connectivity index (χ1) is 7.63. The zero-order valence-corrected chi connectivity index (χ0v) is 9.75. The maximum absolute atomic E-state index is 11.1. The van der Waals surface area contributed by atoms with Crippen molar-refractivity contribution in [2.24, 2.45) is 0 Å². The normalized spacial score (nSPS) is 9.88. The van der Waals surface area contributed by atoms with E-state index in [2.05, 4.69) is 5.32 Å². The van der Waals surface area contributed by atoms with Gasteiger partial charge < -0.3 is 15.8 Å². The highest BCUT2D eigenvalue weighted by Crippen LogP contribution is 2.17. The van der Waals surface area contributed by atoms with Crippen LogP contribution in [0.4, 0.5) is 11.4 Å². The van der Waals surface area contributed by atoms with Gasteiger partial charge in [-0.25, -0.2) is 0 Å². The van der Waals surface area contributed by atoms with Gasteiger partial charge in [0.05, 0.1) is 13.0 Å². The molecule has 1 rings (SSSR count). The average Bonchev–Trinajstić information content (AvgIpc) is 2.22. The van der Waals surface area contributed by atoms with Gasteiger partial charge in [-0.2, -0.15) is 0 Å². The van der Waals surface area contributed by atoms with Crippen LogP contribution in [-0.4, -0.2) is 19.1 Å². The van der Waals surface area contributed by atoms with E-state index in [4.69, 9.17) is 10.5 Å². The third-order valence-corrected chi connectivity index (χ3v) is 2.20. The minimum absolute atomic E-state index is 0.178. The largest absolute Gasteiger partial charge is 0.466 e. The smallest absolute Gasteiger partial charge is 0.307 e. The Balaban J connectivity index is 2.40. The number of hydrogen-bond acceptors (Lipinski definition) is 4. The van der Waals surface area contributed by atoms with E-state index in [0.29, 0.717) is 19.6 Å². The van der Waals surface area contributed by atoms with Crippen molar-refractivity contribution < 1.29 is 9.53 Å². The Labute approximate surface area is 95.8 Å². The summed E-state index contributed by atoms with van der Waals surface area (Å²) >= 11 is 0. The minimum Gasteiger partial charge on any atom is -0.466 e. The molecule has 3 N–H and O–H groups in total. The lowest BCUT2D eigenvalue weighted by Gasteiger charge is -2.09. The van der Waals surface area contributed by atoms with Crippen molar-refractivity contribution in [2.45, 2.75) is 20.3 Å². The second kappa shape index (κ2) is 6.00. The first-order valence-corrected chi connectivity index (χ1v) is 5.39. The fourth-order valence-electron chi connectivity index (χ4n) is 1.42. The lowest BCUT2D eigenvalue weighted by molar-refractivity contribution is -0.142. The summed E-state index contributed by atoms with van der Waals surface area (Å²) in [5.41, 5.74) is 8.46. The number of carbonyl (C=O) groups is 1. The predicted octanol–water partition coefficient (Wildman–Crippen LogP) is 1.94. The third kappa shape index (κ3) is 3.81. The van der Waals surface area contributed by atoms with E-state index >= 15 is 0 Å². The molecule has 0 fully saturated rings. The van der Waals surface area contributed by atoms with Gasteiger partial charge in [0.25, 0.3) is 0 Å². The molecule has 0 spiro atoms. The SMILES string of the molecule is CCOC(=O)CCNc1ccc(N)cc1C. The van der Waals surface area contributed by atoms with E-state index in [-0.39, 0.29) is 5.97 Å². The molecule has 0 aliphatic carbocycles. The highest BCUT2D eigenvalue weighted by Gasteiger charge is 2.02. The van der Waals surface area contributed by atoms with Crippen molar-refractivity contribution in [2.75, 3.05) is 24.2 Å². The molecule has 0 atom stereocenters. The summed E-state index contributed by atoms with van der Waals surface area (Å²) in [5.74, 6) is -0.178. The van der Waals surface area contributed by atoms with E-state index in [1.54, 1.807) is 6.92 Å². The molecule has 16 heavy (non-hydrogen) atoms. The van der Waals surface area contributed by atoms with Gasteiger partial charge in [0, 0.05) is 17.9 Å². The van der Waals surface area contributed by atoms with Crippen LogP contribution in [0.1, 0.15) is 18.9 Å². The fraction of sp³-hybridized carbons (Fsp3) is 0.417. The van der Waals surface area contributed by atoms with Crippen LogP contribution in [0.5, 0.6) is 0 Å². The molecule has 4 nitrogen and oxygen atoms in total. The molecule has 0 saturated carbocycles. The van der Waals surface area contributed by atoms with Gasteiger partial charge in [0.15, 0.2) is 0 Å². The molecule has 4 heteroatoms. The number of benzene rings is 1. The van der Waals surface area contributed by atoms with Crippen LogP contribution in [-0.2, 0) is 9.53 Å². The molecule has 1 aromatic carbocycles. The summed E-state index contributed by atoms with van der Waals surface area (Å²) in [6.45, 7) is 4.78. The van der Waals surface area contributed by atoms with E-state index in [1.807, 2.05) is 25.1 Å². The van der Waals surface area contributed by atoms with E-state index < -0.39 is 0 Å². The molecule has 0 aromatic heterocycles. The van der Waals surface area contributed by atoms with E-state index in [9.17, 15) is 4.79 Å². The number of aryl methyl sites for hydroxylation is 1. The van der Waals surface area contributed by atoms with Crippen LogP contribution in [0.25, 0.3) is 0 Å². The molecule has 0 amide bonds. The standard InChI is InChI=1S/C12H18N2O2/c1-3-16-12(15)6-7-14-11-5-4-10(13)8-9(11)2/h4-5,8,14H,3,6-7,13H2,1-2H3. The lowest BCUT2D eigenvalue weighted by atomic mass is 10.2. The van der Waals surface area contributed by atoms with E-state index in [1.165, 1.54) is 0 Å². The van der Waals surface area contributed by atoms with Crippen molar-refractivity contribution in [1.29, 1.82) is 0 Å². The zero-order chi connectivity index (χ0) is 12.0. The molecule has 88 valence electrons. The number of anilines is 2. The number of ether oxygens (including phenoxy) is 1.